The molecule has 2 aromatic carbocycles. The number of esters is 1. The third kappa shape index (κ3) is 5.57. The molecule has 1 N–H and O–H groups in total. The average Bonchev–Trinajstić information content (AvgIpc) is 2.65. The van der Waals surface area contributed by atoms with Crippen LogP contribution >= 0.6 is 0 Å². The van der Waals surface area contributed by atoms with Crippen molar-refractivity contribution in [1.82, 2.24) is 0 Å². The van der Waals surface area contributed by atoms with Crippen LogP contribution < -0.4 is 0 Å². The van der Waals surface area contributed by atoms with Gasteiger partial charge in [-0.3, -0.25) is 0 Å². The first-order chi connectivity index (χ1) is 12.5. The molecule has 0 fully saturated rings. The Bertz CT molecular complexity index is 745. The number of rotatable bonds is 9. The molecular weight excluding hydrogens is 324 g/mol. The highest BCUT2D eigenvalue weighted by molar-refractivity contribution is 5.86. The van der Waals surface area contributed by atoms with Crippen LogP contribution in [0.5, 0.6) is 0 Å². The zero-order chi connectivity index (χ0) is 18.9. The van der Waals surface area contributed by atoms with E-state index in [1.54, 1.807) is 6.92 Å². The van der Waals surface area contributed by atoms with Crippen molar-refractivity contribution in [3.8, 4) is 11.1 Å². The summed E-state index contributed by atoms with van der Waals surface area (Å²) in [5.41, 5.74) is 6.14. The van der Waals surface area contributed by atoms with E-state index in [1.807, 2.05) is 0 Å². The van der Waals surface area contributed by atoms with Gasteiger partial charge in [0, 0.05) is 12.2 Å². The predicted molar refractivity (Wildman–Crippen MR) is 106 cm³/mol. The SMILES string of the molecule is C=C(C)C(=O)OCc1cc(-c2ccc(CCCO)cc2)ccc1CCC. The van der Waals surface area contributed by atoms with Crippen molar-refractivity contribution < 1.29 is 14.6 Å². The zero-order valence-corrected chi connectivity index (χ0v) is 15.8. The number of carbonyl (C=O) groups is 1. The molecule has 0 amide bonds. The number of benzene rings is 2. The molecule has 0 unspecified atom stereocenters. The van der Waals surface area contributed by atoms with Crippen molar-refractivity contribution in [2.75, 3.05) is 6.61 Å². The van der Waals surface area contributed by atoms with Crippen molar-refractivity contribution in [2.24, 2.45) is 0 Å². The molecule has 0 aliphatic heterocycles. The summed E-state index contributed by atoms with van der Waals surface area (Å²) >= 11 is 0. The van der Waals surface area contributed by atoms with E-state index >= 15 is 0 Å². The summed E-state index contributed by atoms with van der Waals surface area (Å²) in [6.45, 7) is 7.91. The van der Waals surface area contributed by atoms with E-state index in [4.69, 9.17) is 9.84 Å². The lowest BCUT2D eigenvalue weighted by Crippen LogP contribution is -2.06. The van der Waals surface area contributed by atoms with Crippen molar-refractivity contribution in [1.29, 1.82) is 0 Å². The van der Waals surface area contributed by atoms with Crippen LogP contribution in [-0.2, 0) is 29.0 Å². The van der Waals surface area contributed by atoms with Crippen LogP contribution in [0.4, 0.5) is 0 Å². The predicted octanol–water partition coefficient (Wildman–Crippen LogP) is 4.85. The molecule has 0 heterocycles. The van der Waals surface area contributed by atoms with Crippen LogP contribution in [0.2, 0.25) is 0 Å². The van der Waals surface area contributed by atoms with Gasteiger partial charge in [0.25, 0.3) is 0 Å². The third-order valence-electron chi connectivity index (χ3n) is 4.34. The normalized spacial score (nSPS) is 10.6. The van der Waals surface area contributed by atoms with E-state index in [0.717, 1.165) is 42.4 Å². The van der Waals surface area contributed by atoms with Crippen LogP contribution in [0.1, 0.15) is 43.4 Å². The first kappa shape index (κ1) is 19.9. The Labute approximate surface area is 156 Å². The molecule has 0 saturated heterocycles. The Hall–Kier alpha value is -2.39. The Morgan fingerprint density at radius 1 is 1.04 bits per heavy atom. The van der Waals surface area contributed by atoms with Crippen LogP contribution in [0.3, 0.4) is 0 Å². The van der Waals surface area contributed by atoms with Gasteiger partial charge < -0.3 is 9.84 Å². The Kier molecular flexibility index (Phi) is 7.61. The number of aryl methyl sites for hydroxylation is 2. The molecule has 0 aromatic heterocycles. The summed E-state index contributed by atoms with van der Waals surface area (Å²) in [5.74, 6) is -0.355. The van der Waals surface area contributed by atoms with Crippen molar-refractivity contribution in [2.45, 2.75) is 46.1 Å². The molecule has 3 nitrogen and oxygen atoms in total. The minimum Gasteiger partial charge on any atom is -0.457 e. The number of ether oxygens (including phenoxy) is 1. The summed E-state index contributed by atoms with van der Waals surface area (Å²) in [4.78, 5) is 11.7. The first-order valence-corrected chi connectivity index (χ1v) is 9.19. The lowest BCUT2D eigenvalue weighted by molar-refractivity contribution is -0.140. The molecule has 0 radical (unpaired) electrons. The molecule has 0 saturated carbocycles. The van der Waals surface area contributed by atoms with E-state index in [0.29, 0.717) is 5.57 Å². The zero-order valence-electron chi connectivity index (χ0n) is 15.8. The fourth-order valence-electron chi connectivity index (χ4n) is 2.87. The van der Waals surface area contributed by atoms with Crippen LogP contribution in [-0.4, -0.2) is 17.7 Å². The number of carbonyl (C=O) groups excluding carboxylic acids is 1. The lowest BCUT2D eigenvalue weighted by atomic mass is 9.96. The molecule has 0 bridgehead atoms. The molecular formula is C23H28O3. The standard InChI is InChI=1S/C23H28O3/c1-4-6-19-12-13-21(15-22(19)16-26-23(25)17(2)3)20-10-8-18(9-11-20)7-5-14-24/h8-13,15,24H,2,4-7,14,16H2,1,3H3. The minimum absolute atomic E-state index is 0.215. The van der Waals surface area contributed by atoms with Gasteiger partial charge in [-0.05, 0) is 60.1 Å². The topological polar surface area (TPSA) is 46.5 Å². The summed E-state index contributed by atoms with van der Waals surface area (Å²) < 4.78 is 5.37. The van der Waals surface area contributed by atoms with Gasteiger partial charge in [-0.2, -0.15) is 0 Å². The number of hydrogen-bond donors (Lipinski definition) is 1. The maximum Gasteiger partial charge on any atom is 0.333 e. The van der Waals surface area contributed by atoms with Crippen LogP contribution in [0, 0.1) is 0 Å². The fraction of sp³-hybridized carbons (Fsp3) is 0.348. The number of hydrogen-bond acceptors (Lipinski definition) is 3. The second kappa shape index (κ2) is 9.93. The molecule has 0 spiro atoms. The highest BCUT2D eigenvalue weighted by Gasteiger charge is 2.09. The quantitative estimate of drug-likeness (QED) is 0.518. The summed E-state index contributed by atoms with van der Waals surface area (Å²) in [7, 11) is 0. The molecule has 26 heavy (non-hydrogen) atoms. The second-order valence-corrected chi connectivity index (χ2v) is 6.61. The molecule has 138 valence electrons. The Morgan fingerprint density at radius 3 is 2.35 bits per heavy atom. The minimum atomic E-state index is -0.355. The average molecular weight is 352 g/mol. The van der Waals surface area contributed by atoms with E-state index in [2.05, 4.69) is 56.0 Å². The van der Waals surface area contributed by atoms with Gasteiger partial charge >= 0.3 is 5.97 Å². The van der Waals surface area contributed by atoms with Gasteiger partial charge in [0.1, 0.15) is 6.61 Å². The monoisotopic (exact) mass is 352 g/mol. The lowest BCUT2D eigenvalue weighted by Gasteiger charge is -2.13. The van der Waals surface area contributed by atoms with Gasteiger partial charge in [0.2, 0.25) is 0 Å². The van der Waals surface area contributed by atoms with Gasteiger partial charge in [-0.25, -0.2) is 4.79 Å². The molecule has 0 aliphatic rings. The largest absolute Gasteiger partial charge is 0.457 e. The van der Waals surface area contributed by atoms with Crippen LogP contribution in [0.15, 0.2) is 54.6 Å². The maximum atomic E-state index is 11.7. The molecule has 0 aliphatic carbocycles. The summed E-state index contributed by atoms with van der Waals surface area (Å²) in [6, 6.07) is 14.8. The first-order valence-electron chi connectivity index (χ1n) is 9.19. The summed E-state index contributed by atoms with van der Waals surface area (Å²) in [5, 5.41) is 8.94. The second-order valence-electron chi connectivity index (χ2n) is 6.61. The smallest absolute Gasteiger partial charge is 0.333 e. The van der Waals surface area contributed by atoms with E-state index in [1.165, 1.54) is 11.1 Å². The Morgan fingerprint density at radius 2 is 1.73 bits per heavy atom. The number of aliphatic hydroxyl groups excluding tert-OH is 1. The highest BCUT2D eigenvalue weighted by Crippen LogP contribution is 2.25. The van der Waals surface area contributed by atoms with Gasteiger partial charge in [-0.15, -0.1) is 0 Å². The summed E-state index contributed by atoms with van der Waals surface area (Å²) in [6.07, 6.45) is 3.66. The maximum absolute atomic E-state index is 11.7. The molecule has 0 atom stereocenters. The van der Waals surface area contributed by atoms with Crippen molar-refractivity contribution in [3.05, 3.63) is 71.3 Å². The van der Waals surface area contributed by atoms with Crippen LogP contribution in [0.25, 0.3) is 11.1 Å². The van der Waals surface area contributed by atoms with Gasteiger partial charge in [0.15, 0.2) is 0 Å². The number of aliphatic hydroxyl groups is 1. The van der Waals surface area contributed by atoms with E-state index in [-0.39, 0.29) is 19.2 Å². The third-order valence-corrected chi connectivity index (χ3v) is 4.34. The van der Waals surface area contributed by atoms with Crippen molar-refractivity contribution in [3.63, 3.8) is 0 Å². The van der Waals surface area contributed by atoms with Gasteiger partial charge in [-0.1, -0.05) is 56.3 Å². The fourth-order valence-corrected chi connectivity index (χ4v) is 2.87. The molecule has 2 aromatic rings. The highest BCUT2D eigenvalue weighted by atomic mass is 16.5. The van der Waals surface area contributed by atoms with Crippen molar-refractivity contribution >= 4 is 5.97 Å². The van der Waals surface area contributed by atoms with E-state index in [9.17, 15) is 4.79 Å². The molecule has 3 heteroatoms. The molecule has 2 rings (SSSR count). The van der Waals surface area contributed by atoms with E-state index < -0.39 is 0 Å². The van der Waals surface area contributed by atoms with Gasteiger partial charge in [0.05, 0.1) is 0 Å². The Balaban J connectivity index is 2.22.